The Morgan fingerprint density at radius 3 is 2.52 bits per heavy atom. The number of carbonyl (C=O) groups is 5. The zero-order valence-electron chi connectivity index (χ0n) is 16.1. The summed E-state index contributed by atoms with van der Waals surface area (Å²) in [5.41, 5.74) is -0.498. The van der Waals surface area contributed by atoms with Crippen LogP contribution in [0, 0.1) is 0 Å². The van der Waals surface area contributed by atoms with Crippen LogP contribution >= 0.6 is 0 Å². The van der Waals surface area contributed by atoms with Crippen molar-refractivity contribution in [1.82, 2.24) is 15.5 Å². The molecule has 10 heteroatoms. The van der Waals surface area contributed by atoms with E-state index in [0.29, 0.717) is 11.3 Å². The van der Waals surface area contributed by atoms with Crippen molar-refractivity contribution in [2.24, 2.45) is 0 Å². The van der Waals surface area contributed by atoms with Crippen LogP contribution in [-0.4, -0.2) is 59.4 Å². The van der Waals surface area contributed by atoms with Crippen LogP contribution < -0.4 is 16.0 Å². The summed E-state index contributed by atoms with van der Waals surface area (Å²) in [6.07, 6.45) is 1.87. The molecule has 0 spiro atoms. The number of hydrogen-bond acceptors (Lipinski definition) is 6. The fraction of sp³-hybridized carbons (Fsp3) is 0.421. The first-order valence-corrected chi connectivity index (χ1v) is 9.17. The van der Waals surface area contributed by atoms with Crippen LogP contribution in [0.5, 0.6) is 0 Å². The number of nitrogens with zero attached hydrogens (tertiary/aromatic N) is 1. The molecule has 5 amide bonds. The normalized spacial score (nSPS) is 17.5. The van der Waals surface area contributed by atoms with Crippen molar-refractivity contribution in [3.8, 4) is 0 Å². The van der Waals surface area contributed by atoms with Crippen molar-refractivity contribution < 1.29 is 28.7 Å². The van der Waals surface area contributed by atoms with Crippen molar-refractivity contribution in [3.63, 3.8) is 0 Å². The smallest absolute Gasteiger partial charge is 0.326 e. The van der Waals surface area contributed by atoms with Gasteiger partial charge >= 0.3 is 12.0 Å². The highest BCUT2D eigenvalue weighted by Crippen LogP contribution is 2.21. The lowest BCUT2D eigenvalue weighted by Gasteiger charge is -2.15. The summed E-state index contributed by atoms with van der Waals surface area (Å²) in [5.74, 6) is -2.40. The number of amides is 5. The van der Waals surface area contributed by atoms with Crippen molar-refractivity contribution >= 4 is 35.4 Å². The number of esters is 1. The summed E-state index contributed by atoms with van der Waals surface area (Å²) < 4.78 is 4.85. The minimum Gasteiger partial charge on any atom is -0.454 e. The summed E-state index contributed by atoms with van der Waals surface area (Å²) in [6.45, 7) is 1.82. The Morgan fingerprint density at radius 1 is 1.21 bits per heavy atom. The second-order valence-corrected chi connectivity index (χ2v) is 7.45. The van der Waals surface area contributed by atoms with Crippen LogP contribution in [0.25, 0.3) is 0 Å². The first-order valence-electron chi connectivity index (χ1n) is 9.17. The zero-order valence-corrected chi connectivity index (χ0v) is 16.1. The maximum absolute atomic E-state index is 12.2. The molecule has 3 N–H and O–H groups in total. The third-order valence-electron chi connectivity index (χ3n) is 4.45. The molecule has 0 unspecified atom stereocenters. The number of imide groups is 1. The van der Waals surface area contributed by atoms with Gasteiger partial charge in [-0.15, -0.1) is 0 Å². The van der Waals surface area contributed by atoms with Crippen LogP contribution in [0.3, 0.4) is 0 Å². The first-order chi connectivity index (χ1) is 13.7. The van der Waals surface area contributed by atoms with Gasteiger partial charge in [0.25, 0.3) is 17.7 Å². The average Bonchev–Trinajstić information content (AvgIpc) is 3.44. The Morgan fingerprint density at radius 2 is 1.90 bits per heavy atom. The summed E-state index contributed by atoms with van der Waals surface area (Å²) >= 11 is 0. The zero-order chi connectivity index (χ0) is 21.2. The first kappa shape index (κ1) is 20.3. The number of rotatable bonds is 7. The standard InChI is InChI=1S/C19H22N4O6/c1-19(2)17(27)23(18(28)22-19)9-15(25)29-10-14(24)21-13-6-4-3-5-12(13)16(26)20-11-7-8-11/h3-6,11H,7-10H2,1-2H3,(H,20,26)(H,21,24)(H,22,28). The molecule has 3 rings (SSSR count). The van der Waals surface area contributed by atoms with Crippen molar-refractivity contribution in [3.05, 3.63) is 29.8 Å². The van der Waals surface area contributed by atoms with Crippen molar-refractivity contribution in [2.45, 2.75) is 38.3 Å². The van der Waals surface area contributed by atoms with E-state index in [-0.39, 0.29) is 11.9 Å². The molecular weight excluding hydrogens is 380 g/mol. The van der Waals surface area contributed by atoms with E-state index in [4.69, 9.17) is 4.74 Å². The number of hydrogen-bond donors (Lipinski definition) is 3. The van der Waals surface area contributed by atoms with Crippen LogP contribution in [0.4, 0.5) is 10.5 Å². The number of para-hydroxylation sites is 1. The number of ether oxygens (including phenoxy) is 1. The number of nitrogens with one attached hydrogen (secondary N) is 3. The van der Waals surface area contributed by atoms with Gasteiger partial charge in [-0.2, -0.15) is 0 Å². The van der Waals surface area contributed by atoms with E-state index < -0.39 is 42.5 Å². The van der Waals surface area contributed by atoms with E-state index in [2.05, 4.69) is 16.0 Å². The van der Waals surface area contributed by atoms with Gasteiger partial charge in [-0.1, -0.05) is 12.1 Å². The van der Waals surface area contributed by atoms with E-state index in [1.54, 1.807) is 24.3 Å². The van der Waals surface area contributed by atoms with Gasteiger partial charge in [0, 0.05) is 6.04 Å². The Bertz CT molecular complexity index is 877. The summed E-state index contributed by atoms with van der Waals surface area (Å²) in [5, 5.41) is 7.81. The van der Waals surface area contributed by atoms with Gasteiger partial charge in [0.05, 0.1) is 11.3 Å². The SMILES string of the molecule is CC1(C)NC(=O)N(CC(=O)OCC(=O)Nc2ccccc2C(=O)NC2CC2)C1=O. The van der Waals surface area contributed by atoms with Gasteiger partial charge in [-0.3, -0.25) is 24.1 Å². The number of carbonyl (C=O) groups excluding carboxylic acids is 5. The Kier molecular flexibility index (Phi) is 5.53. The van der Waals surface area contributed by atoms with Crippen molar-refractivity contribution in [1.29, 1.82) is 0 Å². The Labute approximate surface area is 166 Å². The molecule has 1 aromatic rings. The van der Waals surface area contributed by atoms with Gasteiger partial charge in [0.2, 0.25) is 0 Å². The van der Waals surface area contributed by atoms with Gasteiger partial charge in [0.1, 0.15) is 12.1 Å². The molecule has 0 radical (unpaired) electrons. The largest absolute Gasteiger partial charge is 0.454 e. The van der Waals surface area contributed by atoms with E-state index in [1.807, 2.05) is 0 Å². The molecule has 1 aliphatic carbocycles. The lowest BCUT2D eigenvalue weighted by molar-refractivity contribution is -0.150. The molecule has 1 aliphatic heterocycles. The maximum atomic E-state index is 12.2. The molecule has 0 aromatic heterocycles. The quantitative estimate of drug-likeness (QED) is 0.446. The number of benzene rings is 1. The molecule has 0 bridgehead atoms. The average molecular weight is 402 g/mol. The number of urea groups is 1. The fourth-order valence-electron chi connectivity index (χ4n) is 2.75. The van der Waals surface area contributed by atoms with Crippen molar-refractivity contribution in [2.75, 3.05) is 18.5 Å². The molecule has 1 saturated heterocycles. The maximum Gasteiger partial charge on any atom is 0.326 e. The summed E-state index contributed by atoms with van der Waals surface area (Å²) in [7, 11) is 0. The van der Waals surface area contributed by atoms with E-state index >= 15 is 0 Å². The van der Waals surface area contributed by atoms with Crippen LogP contribution in [0.2, 0.25) is 0 Å². The summed E-state index contributed by atoms with van der Waals surface area (Å²) in [6, 6.07) is 5.96. The second kappa shape index (κ2) is 7.90. The monoisotopic (exact) mass is 402 g/mol. The molecule has 1 heterocycles. The topological polar surface area (TPSA) is 134 Å². The highest BCUT2D eigenvalue weighted by atomic mass is 16.5. The predicted octanol–water partition coefficient (Wildman–Crippen LogP) is 0.391. The molecule has 2 fully saturated rings. The molecule has 1 aromatic carbocycles. The highest BCUT2D eigenvalue weighted by molar-refractivity contribution is 6.08. The third-order valence-corrected chi connectivity index (χ3v) is 4.45. The predicted molar refractivity (Wildman–Crippen MR) is 101 cm³/mol. The third kappa shape index (κ3) is 4.89. The van der Waals surface area contributed by atoms with E-state index in [9.17, 15) is 24.0 Å². The van der Waals surface area contributed by atoms with E-state index in [1.165, 1.54) is 13.8 Å². The Hall–Kier alpha value is -3.43. The molecular formula is C19H22N4O6. The van der Waals surface area contributed by atoms with Gasteiger partial charge < -0.3 is 20.7 Å². The fourth-order valence-corrected chi connectivity index (χ4v) is 2.75. The molecule has 10 nitrogen and oxygen atoms in total. The summed E-state index contributed by atoms with van der Waals surface area (Å²) in [4.78, 5) is 60.8. The van der Waals surface area contributed by atoms with Crippen LogP contribution in [0.15, 0.2) is 24.3 Å². The molecule has 0 atom stereocenters. The molecule has 2 aliphatic rings. The lowest BCUT2D eigenvalue weighted by Crippen LogP contribution is -2.41. The van der Waals surface area contributed by atoms with E-state index in [0.717, 1.165) is 17.7 Å². The highest BCUT2D eigenvalue weighted by Gasteiger charge is 2.45. The molecule has 154 valence electrons. The second-order valence-electron chi connectivity index (χ2n) is 7.45. The van der Waals surface area contributed by atoms with Gasteiger partial charge in [-0.05, 0) is 38.8 Å². The van der Waals surface area contributed by atoms with Gasteiger partial charge in [-0.25, -0.2) is 4.79 Å². The minimum absolute atomic E-state index is 0.169. The lowest BCUT2D eigenvalue weighted by atomic mass is 10.1. The van der Waals surface area contributed by atoms with Crippen LogP contribution in [0.1, 0.15) is 37.0 Å². The van der Waals surface area contributed by atoms with Gasteiger partial charge in [0.15, 0.2) is 6.61 Å². The molecule has 1 saturated carbocycles. The number of anilines is 1. The minimum atomic E-state index is -1.10. The van der Waals surface area contributed by atoms with Crippen LogP contribution in [-0.2, 0) is 19.1 Å². The molecule has 29 heavy (non-hydrogen) atoms. The Balaban J connectivity index is 1.51.